The van der Waals surface area contributed by atoms with Crippen molar-refractivity contribution in [1.82, 2.24) is 0 Å². The first kappa shape index (κ1) is 11.3. The first-order valence-electron chi connectivity index (χ1n) is 5.34. The van der Waals surface area contributed by atoms with Crippen molar-refractivity contribution in [3.63, 3.8) is 0 Å². The number of ether oxygens (including phenoxy) is 2. The summed E-state index contributed by atoms with van der Waals surface area (Å²) in [5.74, 6) is 0.984. The van der Waals surface area contributed by atoms with Crippen LogP contribution in [0.1, 0.15) is 5.56 Å². The predicted octanol–water partition coefficient (Wildman–Crippen LogP) is 2.98. The van der Waals surface area contributed by atoms with Gasteiger partial charge in [0.25, 0.3) is 0 Å². The summed E-state index contributed by atoms with van der Waals surface area (Å²) in [6.07, 6.45) is 0. The number of phenols is 1. The highest BCUT2D eigenvalue weighted by Gasteiger charge is 2.08. The lowest BCUT2D eigenvalue weighted by Gasteiger charge is -2.11. The van der Waals surface area contributed by atoms with Crippen molar-refractivity contribution >= 4 is 0 Å². The maximum Gasteiger partial charge on any atom is 0.203 e. The summed E-state index contributed by atoms with van der Waals surface area (Å²) < 4.78 is 10.7. The molecular weight excluding hydrogens is 216 g/mol. The van der Waals surface area contributed by atoms with Crippen molar-refractivity contribution in [2.24, 2.45) is 0 Å². The third-order valence-electron chi connectivity index (χ3n) is 2.40. The number of hydrogen-bond donors (Lipinski definition) is 1. The molecule has 88 valence electrons. The minimum absolute atomic E-state index is 0.0815. The summed E-state index contributed by atoms with van der Waals surface area (Å²) in [6.45, 7) is 0.445. The highest BCUT2D eigenvalue weighted by molar-refractivity contribution is 5.50. The van der Waals surface area contributed by atoms with Crippen LogP contribution in [0.3, 0.4) is 0 Å². The second-order valence-electron chi connectivity index (χ2n) is 3.58. The van der Waals surface area contributed by atoms with E-state index in [1.54, 1.807) is 18.2 Å². The van der Waals surface area contributed by atoms with E-state index in [0.717, 1.165) is 5.56 Å². The first-order valence-corrected chi connectivity index (χ1v) is 5.34. The van der Waals surface area contributed by atoms with Gasteiger partial charge in [-0.05, 0) is 17.7 Å². The molecule has 3 heteroatoms. The van der Waals surface area contributed by atoms with Crippen LogP contribution < -0.4 is 9.47 Å². The Morgan fingerprint density at radius 2 is 1.76 bits per heavy atom. The number of para-hydroxylation sites is 1. The van der Waals surface area contributed by atoms with Gasteiger partial charge in [-0.15, -0.1) is 0 Å². The molecule has 0 aliphatic carbocycles. The average Bonchev–Trinajstić information content (AvgIpc) is 2.37. The molecule has 0 spiro atoms. The van der Waals surface area contributed by atoms with E-state index in [1.807, 2.05) is 30.3 Å². The van der Waals surface area contributed by atoms with Gasteiger partial charge in [0.1, 0.15) is 6.61 Å². The van der Waals surface area contributed by atoms with Crippen molar-refractivity contribution in [2.75, 3.05) is 7.11 Å². The fourth-order valence-corrected chi connectivity index (χ4v) is 1.56. The van der Waals surface area contributed by atoms with Crippen molar-refractivity contribution in [3.8, 4) is 17.2 Å². The number of rotatable bonds is 4. The van der Waals surface area contributed by atoms with Gasteiger partial charge in [0.05, 0.1) is 7.11 Å². The van der Waals surface area contributed by atoms with Gasteiger partial charge >= 0.3 is 0 Å². The molecule has 0 aliphatic heterocycles. The molecule has 0 aliphatic rings. The molecule has 2 aromatic carbocycles. The van der Waals surface area contributed by atoms with Crippen LogP contribution in [0.4, 0.5) is 0 Å². The van der Waals surface area contributed by atoms with Gasteiger partial charge in [-0.2, -0.15) is 0 Å². The van der Waals surface area contributed by atoms with E-state index in [0.29, 0.717) is 18.1 Å². The normalized spacial score (nSPS) is 9.94. The topological polar surface area (TPSA) is 38.7 Å². The molecule has 2 aromatic rings. The van der Waals surface area contributed by atoms with Gasteiger partial charge in [-0.3, -0.25) is 0 Å². The van der Waals surface area contributed by atoms with E-state index in [9.17, 15) is 5.11 Å². The fourth-order valence-electron chi connectivity index (χ4n) is 1.56. The van der Waals surface area contributed by atoms with Crippen molar-refractivity contribution in [3.05, 3.63) is 54.1 Å². The summed E-state index contributed by atoms with van der Waals surface area (Å²) in [7, 11) is 1.50. The molecule has 0 saturated carbocycles. The van der Waals surface area contributed by atoms with E-state index in [1.165, 1.54) is 7.11 Å². The molecule has 0 saturated heterocycles. The number of benzene rings is 2. The zero-order valence-electron chi connectivity index (χ0n) is 9.59. The summed E-state index contributed by atoms with van der Waals surface area (Å²) >= 11 is 0. The molecule has 0 fully saturated rings. The summed E-state index contributed by atoms with van der Waals surface area (Å²) in [4.78, 5) is 0. The van der Waals surface area contributed by atoms with Crippen LogP contribution >= 0.6 is 0 Å². The SMILES string of the molecule is COc1c(O)cccc1OCc1ccccc1. The van der Waals surface area contributed by atoms with E-state index in [2.05, 4.69) is 0 Å². The zero-order valence-corrected chi connectivity index (χ0v) is 9.59. The third-order valence-corrected chi connectivity index (χ3v) is 2.40. The number of hydrogen-bond acceptors (Lipinski definition) is 3. The Hall–Kier alpha value is -2.16. The second-order valence-corrected chi connectivity index (χ2v) is 3.58. The highest BCUT2D eigenvalue weighted by atomic mass is 16.5. The third kappa shape index (κ3) is 2.69. The van der Waals surface area contributed by atoms with Gasteiger partial charge < -0.3 is 14.6 Å². The Kier molecular flexibility index (Phi) is 3.50. The standard InChI is InChI=1S/C14H14O3/c1-16-14-12(15)8-5-9-13(14)17-10-11-6-3-2-4-7-11/h2-9,15H,10H2,1H3. The van der Waals surface area contributed by atoms with Crippen molar-refractivity contribution in [2.45, 2.75) is 6.61 Å². The quantitative estimate of drug-likeness (QED) is 0.877. The highest BCUT2D eigenvalue weighted by Crippen LogP contribution is 2.36. The van der Waals surface area contributed by atoms with Gasteiger partial charge in [-0.25, -0.2) is 0 Å². The van der Waals surface area contributed by atoms with Crippen molar-refractivity contribution in [1.29, 1.82) is 0 Å². The number of phenolic OH excluding ortho intramolecular Hbond substituents is 1. The van der Waals surface area contributed by atoms with Gasteiger partial charge in [0.2, 0.25) is 5.75 Å². The van der Waals surface area contributed by atoms with Gasteiger partial charge in [0.15, 0.2) is 11.5 Å². The van der Waals surface area contributed by atoms with Crippen LogP contribution in [-0.2, 0) is 6.61 Å². The maximum atomic E-state index is 9.58. The molecule has 2 rings (SSSR count). The minimum Gasteiger partial charge on any atom is -0.504 e. The van der Waals surface area contributed by atoms with Gasteiger partial charge in [0, 0.05) is 0 Å². The maximum absolute atomic E-state index is 9.58. The number of methoxy groups -OCH3 is 1. The Morgan fingerprint density at radius 3 is 2.47 bits per heavy atom. The van der Waals surface area contributed by atoms with Crippen molar-refractivity contribution < 1.29 is 14.6 Å². The summed E-state index contributed by atoms with van der Waals surface area (Å²) in [5.41, 5.74) is 1.07. The van der Waals surface area contributed by atoms with Gasteiger partial charge in [-0.1, -0.05) is 36.4 Å². The molecule has 3 nitrogen and oxygen atoms in total. The van der Waals surface area contributed by atoms with Crippen LogP contribution in [0.5, 0.6) is 17.2 Å². The lowest BCUT2D eigenvalue weighted by atomic mass is 10.2. The molecule has 0 amide bonds. The van der Waals surface area contributed by atoms with E-state index in [-0.39, 0.29) is 5.75 Å². The molecule has 0 heterocycles. The molecular formula is C14H14O3. The number of aromatic hydroxyl groups is 1. The molecule has 0 atom stereocenters. The molecule has 0 bridgehead atoms. The Morgan fingerprint density at radius 1 is 1.00 bits per heavy atom. The summed E-state index contributed by atoms with van der Waals surface area (Å²) in [5, 5.41) is 9.58. The lowest BCUT2D eigenvalue weighted by molar-refractivity contribution is 0.277. The first-order chi connectivity index (χ1) is 8.31. The van der Waals surface area contributed by atoms with E-state index in [4.69, 9.17) is 9.47 Å². The van der Waals surface area contributed by atoms with E-state index < -0.39 is 0 Å². The van der Waals surface area contributed by atoms with Crippen LogP contribution in [0.15, 0.2) is 48.5 Å². The average molecular weight is 230 g/mol. The van der Waals surface area contributed by atoms with Crippen LogP contribution in [0.2, 0.25) is 0 Å². The van der Waals surface area contributed by atoms with Crippen LogP contribution in [0, 0.1) is 0 Å². The second kappa shape index (κ2) is 5.25. The minimum atomic E-state index is 0.0815. The Balaban J connectivity index is 2.12. The largest absolute Gasteiger partial charge is 0.504 e. The van der Waals surface area contributed by atoms with Crippen LogP contribution in [-0.4, -0.2) is 12.2 Å². The summed E-state index contributed by atoms with van der Waals surface area (Å²) in [6, 6.07) is 14.9. The molecule has 1 N–H and O–H groups in total. The van der Waals surface area contributed by atoms with Crippen LogP contribution in [0.25, 0.3) is 0 Å². The fraction of sp³-hybridized carbons (Fsp3) is 0.143. The lowest BCUT2D eigenvalue weighted by Crippen LogP contribution is -1.97. The van der Waals surface area contributed by atoms with E-state index >= 15 is 0 Å². The zero-order chi connectivity index (χ0) is 12.1. The molecule has 0 radical (unpaired) electrons. The predicted molar refractivity (Wildman–Crippen MR) is 65.4 cm³/mol. The molecule has 0 unspecified atom stereocenters. The Bertz CT molecular complexity index is 480. The Labute approximate surface area is 100 Å². The monoisotopic (exact) mass is 230 g/mol. The smallest absolute Gasteiger partial charge is 0.203 e. The molecule has 0 aromatic heterocycles. The molecule has 17 heavy (non-hydrogen) atoms.